The predicted molar refractivity (Wildman–Crippen MR) is 239 cm³/mol. The SMILES string of the molecule is CC(C)(C)OC(=O)C[C@H](N)C(=O)C[C@@H](CCC(=O)OCc1ccccc1)C(=O)NCCCCCCCC(=O)[C@H](CCC(=O)OCc1ccccc1)NC(=O)[C@@H](N)CC(=O)OC(C)(C)C. The van der Waals surface area contributed by atoms with E-state index in [0.29, 0.717) is 32.2 Å². The van der Waals surface area contributed by atoms with Gasteiger partial charge in [0, 0.05) is 38.1 Å². The summed E-state index contributed by atoms with van der Waals surface area (Å²) in [5, 5.41) is 5.47. The van der Waals surface area contributed by atoms with Crippen LogP contribution in [0.15, 0.2) is 60.7 Å². The van der Waals surface area contributed by atoms with Gasteiger partial charge in [0.1, 0.15) is 24.4 Å². The van der Waals surface area contributed by atoms with Gasteiger partial charge >= 0.3 is 23.9 Å². The number of ketones is 2. The van der Waals surface area contributed by atoms with Gasteiger partial charge in [0.25, 0.3) is 0 Å². The van der Waals surface area contributed by atoms with Gasteiger partial charge in [-0.15, -0.1) is 0 Å². The first-order chi connectivity index (χ1) is 30.1. The van der Waals surface area contributed by atoms with Gasteiger partial charge in [-0.2, -0.15) is 0 Å². The van der Waals surface area contributed by atoms with Crippen LogP contribution < -0.4 is 22.1 Å². The van der Waals surface area contributed by atoms with Crippen LogP contribution in [-0.2, 0) is 70.5 Å². The Kier molecular flexibility index (Phi) is 24.2. The molecule has 64 heavy (non-hydrogen) atoms. The quantitative estimate of drug-likeness (QED) is 0.0464. The first-order valence-electron chi connectivity index (χ1n) is 22.1. The fourth-order valence-corrected chi connectivity index (χ4v) is 6.30. The minimum atomic E-state index is -1.27. The minimum absolute atomic E-state index is 0.0196. The lowest BCUT2D eigenvalue weighted by atomic mass is 9.92. The van der Waals surface area contributed by atoms with Gasteiger partial charge in [-0.3, -0.25) is 38.4 Å². The molecule has 0 bridgehead atoms. The third kappa shape index (κ3) is 25.0. The minimum Gasteiger partial charge on any atom is -0.461 e. The normalized spacial score (nSPS) is 13.3. The largest absolute Gasteiger partial charge is 0.461 e. The van der Waals surface area contributed by atoms with Crippen LogP contribution in [0.3, 0.4) is 0 Å². The van der Waals surface area contributed by atoms with Crippen molar-refractivity contribution in [1.82, 2.24) is 10.6 Å². The van der Waals surface area contributed by atoms with Crippen molar-refractivity contribution in [2.45, 2.75) is 168 Å². The Labute approximate surface area is 377 Å². The van der Waals surface area contributed by atoms with Crippen molar-refractivity contribution in [1.29, 1.82) is 0 Å². The van der Waals surface area contributed by atoms with Crippen LogP contribution in [0.2, 0.25) is 0 Å². The van der Waals surface area contributed by atoms with E-state index in [1.165, 1.54) is 0 Å². The molecule has 0 aliphatic heterocycles. The summed E-state index contributed by atoms with van der Waals surface area (Å²) in [5.74, 6) is -5.20. The Bertz CT molecular complexity index is 1680. The first-order valence-corrected chi connectivity index (χ1v) is 22.1. The van der Waals surface area contributed by atoms with Gasteiger partial charge in [-0.1, -0.05) is 79.9 Å². The van der Waals surface area contributed by atoms with E-state index in [2.05, 4.69) is 10.6 Å². The van der Waals surface area contributed by atoms with E-state index < -0.39 is 83.1 Å². The summed E-state index contributed by atoms with van der Waals surface area (Å²) in [6.07, 6.45) is 2.04. The Balaban J connectivity index is 1.89. The fourth-order valence-electron chi connectivity index (χ4n) is 6.30. The Hall–Kier alpha value is -5.48. The summed E-state index contributed by atoms with van der Waals surface area (Å²) in [5.41, 5.74) is 12.1. The van der Waals surface area contributed by atoms with Gasteiger partial charge in [0.2, 0.25) is 11.8 Å². The lowest BCUT2D eigenvalue weighted by molar-refractivity contribution is -0.157. The molecule has 16 nitrogen and oxygen atoms in total. The van der Waals surface area contributed by atoms with Gasteiger partial charge in [0.15, 0.2) is 11.6 Å². The highest BCUT2D eigenvalue weighted by atomic mass is 16.6. The van der Waals surface area contributed by atoms with E-state index in [1.807, 2.05) is 60.7 Å². The fraction of sp³-hybridized carbons (Fsp3) is 0.583. The average Bonchev–Trinajstić information content (AvgIpc) is 3.22. The number of amides is 2. The standard InChI is InChI=1S/C48H70N4O12/c1-47(2,3)63-43(57)29-36(49)40(54)28-35(23-25-41(55)61-31-33-18-12-10-13-19-33)45(59)51-27-17-9-7-8-16-22-39(53)38(24-26-42(56)62-32-34-20-14-11-15-21-34)52-46(60)37(50)30-44(58)64-48(4,5)6/h10-15,18-21,35-38H,7-9,16-17,22-32,49-50H2,1-6H3,(H,51,59)(H,52,60)/t35-,36+,37+,38+/m1/s1. The number of ether oxygens (including phenoxy) is 4. The summed E-state index contributed by atoms with van der Waals surface area (Å²) in [6.45, 7) is 10.6. The monoisotopic (exact) mass is 894 g/mol. The van der Waals surface area contributed by atoms with Crippen molar-refractivity contribution in [2.24, 2.45) is 17.4 Å². The summed E-state index contributed by atoms with van der Waals surface area (Å²) < 4.78 is 21.3. The molecule has 2 amide bonds. The molecule has 0 fully saturated rings. The molecule has 2 aromatic carbocycles. The van der Waals surface area contributed by atoms with Crippen molar-refractivity contribution < 1.29 is 57.3 Å². The van der Waals surface area contributed by atoms with Gasteiger partial charge in [-0.25, -0.2) is 0 Å². The Morgan fingerprint density at radius 2 is 1.00 bits per heavy atom. The van der Waals surface area contributed by atoms with Crippen LogP contribution >= 0.6 is 0 Å². The molecule has 0 aromatic heterocycles. The highest BCUT2D eigenvalue weighted by Crippen LogP contribution is 2.18. The van der Waals surface area contributed by atoms with Crippen LogP contribution in [0, 0.1) is 5.92 Å². The second kappa shape index (κ2) is 28.3. The molecule has 16 heteroatoms. The van der Waals surface area contributed by atoms with Gasteiger partial charge in [0.05, 0.1) is 31.0 Å². The number of nitrogens with one attached hydrogen (secondary N) is 2. The molecular formula is C48H70N4O12. The number of carbonyl (C=O) groups excluding carboxylic acids is 8. The maximum absolute atomic E-state index is 13.4. The number of esters is 4. The number of hydrogen-bond acceptors (Lipinski definition) is 14. The molecule has 4 atom stereocenters. The summed E-state index contributed by atoms with van der Waals surface area (Å²) in [4.78, 5) is 102. The molecule has 2 aromatic rings. The molecule has 0 unspecified atom stereocenters. The lowest BCUT2D eigenvalue weighted by Gasteiger charge is -2.22. The van der Waals surface area contributed by atoms with E-state index in [0.717, 1.165) is 17.5 Å². The molecule has 6 N–H and O–H groups in total. The maximum atomic E-state index is 13.4. The summed E-state index contributed by atoms with van der Waals surface area (Å²) in [6, 6.07) is 14.8. The molecule has 0 radical (unpaired) electrons. The van der Waals surface area contributed by atoms with E-state index >= 15 is 0 Å². The zero-order valence-electron chi connectivity index (χ0n) is 38.5. The number of Topliss-reactive ketones (excluding diaryl/α,β-unsaturated/α-hetero) is 2. The van der Waals surface area contributed by atoms with Crippen LogP contribution in [0.1, 0.15) is 136 Å². The summed E-state index contributed by atoms with van der Waals surface area (Å²) >= 11 is 0. The van der Waals surface area contributed by atoms with E-state index in [1.54, 1.807) is 41.5 Å². The van der Waals surface area contributed by atoms with Crippen LogP contribution in [0.25, 0.3) is 0 Å². The van der Waals surface area contributed by atoms with Crippen molar-refractivity contribution >= 4 is 47.3 Å². The van der Waals surface area contributed by atoms with Crippen LogP contribution in [0.5, 0.6) is 0 Å². The second-order valence-electron chi connectivity index (χ2n) is 17.9. The molecule has 2 rings (SSSR count). The van der Waals surface area contributed by atoms with Gasteiger partial charge < -0.3 is 41.0 Å². The lowest BCUT2D eigenvalue weighted by Crippen LogP contribution is -2.49. The van der Waals surface area contributed by atoms with Crippen molar-refractivity contribution in [2.75, 3.05) is 6.54 Å². The van der Waals surface area contributed by atoms with Gasteiger partial charge in [-0.05, 0) is 78.4 Å². The number of nitrogens with two attached hydrogens (primary N) is 2. The van der Waals surface area contributed by atoms with Crippen molar-refractivity contribution in [3.63, 3.8) is 0 Å². The molecule has 0 saturated heterocycles. The molecule has 0 spiro atoms. The number of unbranched alkanes of at least 4 members (excludes halogenated alkanes) is 4. The third-order valence-corrected chi connectivity index (χ3v) is 9.61. The van der Waals surface area contributed by atoms with Crippen molar-refractivity contribution in [3.8, 4) is 0 Å². The summed E-state index contributed by atoms with van der Waals surface area (Å²) in [7, 11) is 0. The molecule has 354 valence electrons. The molecule has 0 saturated carbocycles. The van der Waals surface area contributed by atoms with Crippen molar-refractivity contribution in [3.05, 3.63) is 71.8 Å². The molecular weight excluding hydrogens is 825 g/mol. The van der Waals surface area contributed by atoms with Crippen LogP contribution in [0.4, 0.5) is 0 Å². The molecule has 0 aliphatic rings. The highest BCUT2D eigenvalue weighted by Gasteiger charge is 2.29. The molecule has 0 heterocycles. The third-order valence-electron chi connectivity index (χ3n) is 9.61. The maximum Gasteiger partial charge on any atom is 0.308 e. The average molecular weight is 895 g/mol. The van der Waals surface area contributed by atoms with E-state index in [9.17, 15) is 38.4 Å². The number of benzene rings is 2. The number of hydrogen-bond donors (Lipinski definition) is 4. The zero-order chi connectivity index (χ0) is 47.7. The zero-order valence-corrected chi connectivity index (χ0v) is 38.5. The van der Waals surface area contributed by atoms with E-state index in [-0.39, 0.29) is 63.9 Å². The predicted octanol–water partition coefficient (Wildman–Crippen LogP) is 5.24. The Morgan fingerprint density at radius 3 is 1.52 bits per heavy atom. The Morgan fingerprint density at radius 1 is 0.531 bits per heavy atom. The highest BCUT2D eigenvalue weighted by molar-refractivity contribution is 5.93. The smallest absolute Gasteiger partial charge is 0.308 e. The van der Waals surface area contributed by atoms with Crippen LogP contribution in [-0.4, -0.2) is 83.1 Å². The second-order valence-corrected chi connectivity index (χ2v) is 17.9. The number of rotatable bonds is 29. The van der Waals surface area contributed by atoms with E-state index in [4.69, 9.17) is 30.4 Å². The topological polar surface area (TPSA) is 250 Å². The number of carbonyl (C=O) groups is 8. The first kappa shape index (κ1) is 54.7. The molecule has 0 aliphatic carbocycles.